The van der Waals surface area contributed by atoms with Gasteiger partial charge >= 0.3 is 5.97 Å². The van der Waals surface area contributed by atoms with Crippen molar-refractivity contribution in [2.75, 3.05) is 0 Å². The van der Waals surface area contributed by atoms with Crippen molar-refractivity contribution in [3.63, 3.8) is 0 Å². The van der Waals surface area contributed by atoms with Gasteiger partial charge in [0.05, 0.1) is 5.56 Å². The Labute approximate surface area is 110 Å². The number of benzene rings is 2. The van der Waals surface area contributed by atoms with Gasteiger partial charge in [-0.05, 0) is 24.6 Å². The summed E-state index contributed by atoms with van der Waals surface area (Å²) in [6, 6.07) is 12.0. The van der Waals surface area contributed by atoms with Crippen LogP contribution >= 0.6 is 0 Å². The van der Waals surface area contributed by atoms with Crippen molar-refractivity contribution in [2.45, 2.75) is 13.5 Å². The zero-order valence-corrected chi connectivity index (χ0v) is 10.5. The van der Waals surface area contributed by atoms with Gasteiger partial charge in [0, 0.05) is 5.56 Å². The highest BCUT2D eigenvalue weighted by Crippen LogP contribution is 2.30. The van der Waals surface area contributed by atoms with E-state index in [0.29, 0.717) is 5.56 Å². The second-order valence-electron chi connectivity index (χ2n) is 4.17. The molecule has 0 unspecified atom stereocenters. The number of rotatable bonds is 3. The predicted molar refractivity (Wildman–Crippen MR) is 70.1 cm³/mol. The topological polar surface area (TPSA) is 66.8 Å². The zero-order valence-electron chi connectivity index (χ0n) is 10.5. The number of hydrogen-bond acceptors (Lipinski definition) is 4. The number of aromatic hydroxyl groups is 2. The molecular weight excluding hydrogens is 244 g/mol. The highest BCUT2D eigenvalue weighted by Gasteiger charge is 2.15. The molecule has 0 amide bonds. The van der Waals surface area contributed by atoms with Crippen LogP contribution in [0.25, 0.3) is 0 Å². The highest BCUT2D eigenvalue weighted by atomic mass is 16.5. The van der Waals surface area contributed by atoms with Gasteiger partial charge in [-0.3, -0.25) is 0 Å². The Hall–Kier alpha value is -2.49. The molecular formula is C15H14O4. The number of hydrogen-bond donors (Lipinski definition) is 2. The van der Waals surface area contributed by atoms with Crippen LogP contribution in [0.5, 0.6) is 11.5 Å². The molecule has 0 heterocycles. The van der Waals surface area contributed by atoms with Gasteiger partial charge in [0.15, 0.2) is 11.5 Å². The summed E-state index contributed by atoms with van der Waals surface area (Å²) < 4.78 is 5.16. The van der Waals surface area contributed by atoms with Crippen molar-refractivity contribution in [1.29, 1.82) is 0 Å². The SMILES string of the molecule is Cc1c(C(=O)OCc2ccccc2)ccc(O)c1O. The molecule has 2 rings (SSSR count). The fourth-order valence-corrected chi connectivity index (χ4v) is 1.71. The van der Waals surface area contributed by atoms with Crippen LogP contribution in [-0.4, -0.2) is 16.2 Å². The summed E-state index contributed by atoms with van der Waals surface area (Å²) >= 11 is 0. The van der Waals surface area contributed by atoms with Crippen LogP contribution < -0.4 is 0 Å². The van der Waals surface area contributed by atoms with Crippen LogP contribution in [0.15, 0.2) is 42.5 Å². The molecule has 2 N–H and O–H groups in total. The van der Waals surface area contributed by atoms with E-state index in [4.69, 9.17) is 4.74 Å². The van der Waals surface area contributed by atoms with Gasteiger partial charge in [0.25, 0.3) is 0 Å². The molecule has 98 valence electrons. The lowest BCUT2D eigenvalue weighted by molar-refractivity contribution is 0.0471. The summed E-state index contributed by atoms with van der Waals surface area (Å²) in [5, 5.41) is 18.9. The number of carbonyl (C=O) groups excluding carboxylic acids is 1. The second kappa shape index (κ2) is 5.44. The Morgan fingerprint density at radius 3 is 2.47 bits per heavy atom. The summed E-state index contributed by atoms with van der Waals surface area (Å²) in [4.78, 5) is 11.9. The quantitative estimate of drug-likeness (QED) is 0.656. The summed E-state index contributed by atoms with van der Waals surface area (Å²) in [5.74, 6) is -1.08. The van der Waals surface area contributed by atoms with Gasteiger partial charge in [-0.15, -0.1) is 0 Å². The summed E-state index contributed by atoms with van der Waals surface area (Å²) in [6.45, 7) is 1.72. The van der Waals surface area contributed by atoms with E-state index in [9.17, 15) is 15.0 Å². The Balaban J connectivity index is 2.11. The molecule has 0 aliphatic heterocycles. The average Bonchev–Trinajstić information content (AvgIpc) is 2.43. The number of esters is 1. The third-order valence-corrected chi connectivity index (χ3v) is 2.84. The molecule has 0 fully saturated rings. The molecule has 4 nitrogen and oxygen atoms in total. The molecule has 2 aromatic carbocycles. The molecule has 0 saturated heterocycles. The summed E-state index contributed by atoms with van der Waals surface area (Å²) in [6.07, 6.45) is 0. The first-order valence-corrected chi connectivity index (χ1v) is 5.82. The monoisotopic (exact) mass is 258 g/mol. The lowest BCUT2D eigenvalue weighted by Crippen LogP contribution is -2.07. The minimum Gasteiger partial charge on any atom is -0.504 e. The van der Waals surface area contributed by atoms with Gasteiger partial charge in [-0.1, -0.05) is 30.3 Å². The van der Waals surface area contributed by atoms with Crippen LogP contribution in [0.2, 0.25) is 0 Å². The van der Waals surface area contributed by atoms with E-state index in [1.165, 1.54) is 12.1 Å². The van der Waals surface area contributed by atoms with E-state index in [0.717, 1.165) is 5.56 Å². The number of ether oxygens (including phenoxy) is 1. The van der Waals surface area contributed by atoms with Gasteiger partial charge < -0.3 is 14.9 Å². The molecule has 0 aliphatic carbocycles. The molecule has 0 atom stereocenters. The first kappa shape index (κ1) is 13.0. The zero-order chi connectivity index (χ0) is 13.8. The average molecular weight is 258 g/mol. The predicted octanol–water partition coefficient (Wildman–Crippen LogP) is 2.76. The highest BCUT2D eigenvalue weighted by molar-refractivity contribution is 5.92. The Morgan fingerprint density at radius 1 is 1.11 bits per heavy atom. The molecule has 0 aliphatic rings. The first-order valence-electron chi connectivity index (χ1n) is 5.82. The largest absolute Gasteiger partial charge is 0.504 e. The van der Waals surface area contributed by atoms with E-state index in [-0.39, 0.29) is 23.7 Å². The van der Waals surface area contributed by atoms with Crippen LogP contribution in [0, 0.1) is 6.92 Å². The Kier molecular flexibility index (Phi) is 3.71. The maximum Gasteiger partial charge on any atom is 0.338 e. The molecule has 0 aromatic heterocycles. The van der Waals surface area contributed by atoms with E-state index < -0.39 is 5.97 Å². The standard InChI is InChI=1S/C15H14O4/c1-10-12(7-8-13(16)14(10)17)15(18)19-9-11-5-3-2-4-6-11/h2-8,16-17H,9H2,1H3. The van der Waals surface area contributed by atoms with Crippen molar-refractivity contribution < 1.29 is 19.7 Å². The van der Waals surface area contributed by atoms with Crippen molar-refractivity contribution in [2.24, 2.45) is 0 Å². The number of phenols is 2. The molecule has 4 heteroatoms. The van der Waals surface area contributed by atoms with Gasteiger partial charge in [0.1, 0.15) is 6.61 Å². The van der Waals surface area contributed by atoms with Gasteiger partial charge in [0.2, 0.25) is 0 Å². The minimum absolute atomic E-state index is 0.167. The molecule has 0 spiro atoms. The smallest absolute Gasteiger partial charge is 0.338 e. The fraction of sp³-hybridized carbons (Fsp3) is 0.133. The van der Waals surface area contributed by atoms with E-state index >= 15 is 0 Å². The molecule has 0 saturated carbocycles. The third kappa shape index (κ3) is 2.85. The van der Waals surface area contributed by atoms with E-state index in [2.05, 4.69) is 0 Å². The Morgan fingerprint density at radius 2 is 1.79 bits per heavy atom. The fourth-order valence-electron chi connectivity index (χ4n) is 1.71. The minimum atomic E-state index is -0.531. The van der Waals surface area contributed by atoms with Crippen molar-refractivity contribution in [1.82, 2.24) is 0 Å². The summed E-state index contributed by atoms with van der Waals surface area (Å²) in [5.41, 5.74) is 1.43. The van der Waals surface area contributed by atoms with Crippen LogP contribution in [0.3, 0.4) is 0 Å². The van der Waals surface area contributed by atoms with Crippen LogP contribution in [0.1, 0.15) is 21.5 Å². The molecule has 19 heavy (non-hydrogen) atoms. The lowest BCUT2D eigenvalue weighted by Gasteiger charge is -2.09. The molecule has 2 aromatic rings. The molecule has 0 bridgehead atoms. The summed E-state index contributed by atoms with van der Waals surface area (Å²) in [7, 11) is 0. The lowest BCUT2D eigenvalue weighted by atomic mass is 10.1. The van der Waals surface area contributed by atoms with Crippen molar-refractivity contribution in [3.8, 4) is 11.5 Å². The maximum absolute atomic E-state index is 11.9. The third-order valence-electron chi connectivity index (χ3n) is 2.84. The van der Waals surface area contributed by atoms with Crippen LogP contribution in [0.4, 0.5) is 0 Å². The second-order valence-corrected chi connectivity index (χ2v) is 4.17. The number of phenolic OH excluding ortho intramolecular Hbond substituents is 2. The van der Waals surface area contributed by atoms with Crippen molar-refractivity contribution >= 4 is 5.97 Å². The van der Waals surface area contributed by atoms with Crippen molar-refractivity contribution in [3.05, 3.63) is 59.2 Å². The normalized spacial score (nSPS) is 10.2. The molecule has 0 radical (unpaired) electrons. The first-order chi connectivity index (χ1) is 9.09. The van der Waals surface area contributed by atoms with Gasteiger partial charge in [-0.25, -0.2) is 4.79 Å². The van der Waals surface area contributed by atoms with Gasteiger partial charge in [-0.2, -0.15) is 0 Å². The maximum atomic E-state index is 11.9. The Bertz CT molecular complexity index is 591. The van der Waals surface area contributed by atoms with E-state index in [1.54, 1.807) is 6.92 Å². The number of carbonyl (C=O) groups is 1. The van der Waals surface area contributed by atoms with Crippen LogP contribution in [-0.2, 0) is 11.3 Å². The van der Waals surface area contributed by atoms with E-state index in [1.807, 2.05) is 30.3 Å².